The molecule has 3 aromatic rings. The molecule has 0 aliphatic carbocycles. The molecule has 4 saturated heterocycles. The zero-order valence-electron chi connectivity index (χ0n) is 20.8. The minimum absolute atomic E-state index is 0.118. The van der Waals surface area contributed by atoms with Crippen molar-refractivity contribution in [3.63, 3.8) is 0 Å². The summed E-state index contributed by atoms with van der Waals surface area (Å²) in [5.41, 5.74) is 8.26. The molecule has 7 heterocycles. The van der Waals surface area contributed by atoms with Crippen LogP contribution in [0.1, 0.15) is 41.1 Å². The van der Waals surface area contributed by atoms with Crippen LogP contribution in [-0.2, 0) is 22.4 Å². The Morgan fingerprint density at radius 3 is 2.89 bits per heavy atom. The molecule has 188 valence electrons. The third kappa shape index (κ3) is 3.79. The van der Waals surface area contributed by atoms with Crippen molar-refractivity contribution in [2.75, 3.05) is 39.5 Å². The summed E-state index contributed by atoms with van der Waals surface area (Å²) in [4.78, 5) is 25.6. The number of piperidine rings is 1. The van der Waals surface area contributed by atoms with Crippen LogP contribution >= 0.6 is 0 Å². The van der Waals surface area contributed by atoms with Crippen LogP contribution in [-0.4, -0.2) is 77.4 Å². The number of aromatic nitrogens is 2. The van der Waals surface area contributed by atoms with Crippen LogP contribution in [0.15, 0.2) is 30.6 Å². The number of carbonyl (C=O) groups excluding carboxylic acids is 1. The van der Waals surface area contributed by atoms with Crippen LogP contribution in [0.5, 0.6) is 0 Å². The van der Waals surface area contributed by atoms with E-state index in [0.717, 1.165) is 62.1 Å². The van der Waals surface area contributed by atoms with Crippen LogP contribution in [0.25, 0.3) is 22.2 Å². The molecular weight excluding hydrogens is 454 g/mol. The van der Waals surface area contributed by atoms with Crippen LogP contribution in [0.3, 0.4) is 0 Å². The molecule has 1 aromatic carbocycles. The van der Waals surface area contributed by atoms with Crippen molar-refractivity contribution in [3.05, 3.63) is 52.8 Å². The van der Waals surface area contributed by atoms with E-state index in [-0.39, 0.29) is 24.2 Å². The molecule has 8 heteroatoms. The van der Waals surface area contributed by atoms with Gasteiger partial charge in [-0.1, -0.05) is 6.07 Å². The second kappa shape index (κ2) is 8.87. The Morgan fingerprint density at radius 2 is 2.11 bits per heavy atom. The van der Waals surface area contributed by atoms with E-state index >= 15 is 0 Å². The summed E-state index contributed by atoms with van der Waals surface area (Å²) in [6.45, 7) is 7.11. The molecule has 2 amide bonds. The highest BCUT2D eigenvalue weighted by molar-refractivity contribution is 5.84. The number of aromatic amines is 1. The van der Waals surface area contributed by atoms with Gasteiger partial charge in [-0.25, -0.2) is 9.78 Å². The number of fused-ring (bicyclic) bond motifs is 5. The van der Waals surface area contributed by atoms with E-state index in [4.69, 9.17) is 9.47 Å². The van der Waals surface area contributed by atoms with Crippen molar-refractivity contribution in [1.29, 1.82) is 0 Å². The first kappa shape index (κ1) is 22.3. The molecule has 2 unspecified atom stereocenters. The fourth-order valence-corrected chi connectivity index (χ4v) is 6.36. The van der Waals surface area contributed by atoms with Gasteiger partial charge >= 0.3 is 6.03 Å². The normalized spacial score (nSPS) is 25.9. The van der Waals surface area contributed by atoms with E-state index < -0.39 is 0 Å². The molecule has 0 radical (unpaired) electrons. The zero-order chi connectivity index (χ0) is 24.2. The van der Waals surface area contributed by atoms with Crippen molar-refractivity contribution in [1.82, 2.24) is 25.1 Å². The number of benzene rings is 1. The molecule has 0 saturated carbocycles. The third-order valence-electron chi connectivity index (χ3n) is 8.45. The highest BCUT2D eigenvalue weighted by atomic mass is 16.5. The molecule has 2 bridgehead atoms. The summed E-state index contributed by atoms with van der Waals surface area (Å²) in [5.74, 6) is 0. The minimum Gasteiger partial charge on any atom is -0.378 e. The van der Waals surface area contributed by atoms with Crippen LogP contribution in [0.2, 0.25) is 0 Å². The summed E-state index contributed by atoms with van der Waals surface area (Å²) in [7, 11) is 0. The van der Waals surface area contributed by atoms with Crippen molar-refractivity contribution in [2.24, 2.45) is 0 Å². The average molecular weight is 488 g/mol. The summed E-state index contributed by atoms with van der Waals surface area (Å²) in [6, 6.07) is 7.34. The second-order valence-electron chi connectivity index (χ2n) is 10.7. The van der Waals surface area contributed by atoms with Gasteiger partial charge in [0.1, 0.15) is 5.65 Å². The maximum Gasteiger partial charge on any atom is 0.320 e. The lowest BCUT2D eigenvalue weighted by molar-refractivity contribution is -0.0923. The average Bonchev–Trinajstić information content (AvgIpc) is 3.32. The highest BCUT2D eigenvalue weighted by Gasteiger charge is 2.40. The number of pyridine rings is 1. The fourth-order valence-electron chi connectivity index (χ4n) is 6.36. The molecule has 36 heavy (non-hydrogen) atoms. The number of nitrogens with one attached hydrogen (secondary N) is 2. The molecule has 5 aliphatic rings. The largest absolute Gasteiger partial charge is 0.378 e. The van der Waals surface area contributed by atoms with Gasteiger partial charge in [0.05, 0.1) is 38.0 Å². The highest BCUT2D eigenvalue weighted by Crippen LogP contribution is 2.35. The first-order chi connectivity index (χ1) is 17.6. The predicted molar refractivity (Wildman–Crippen MR) is 137 cm³/mol. The number of hydrogen-bond donors (Lipinski definition) is 2. The Bertz CT molecular complexity index is 1310. The molecule has 0 spiro atoms. The lowest BCUT2D eigenvalue weighted by atomic mass is 9.87. The van der Waals surface area contributed by atoms with E-state index in [1.165, 1.54) is 27.8 Å². The van der Waals surface area contributed by atoms with E-state index in [1.807, 2.05) is 17.3 Å². The van der Waals surface area contributed by atoms with Gasteiger partial charge < -0.3 is 29.6 Å². The molecule has 2 aromatic heterocycles. The molecule has 8 rings (SSSR count). The molecule has 3 atom stereocenters. The summed E-state index contributed by atoms with van der Waals surface area (Å²) < 4.78 is 11.7. The Morgan fingerprint density at radius 1 is 1.17 bits per heavy atom. The van der Waals surface area contributed by atoms with Crippen molar-refractivity contribution in [2.45, 2.75) is 50.9 Å². The Balaban J connectivity index is 1.24. The monoisotopic (exact) mass is 487 g/mol. The number of nitrogens with zero attached hydrogens (tertiary/aromatic N) is 3. The van der Waals surface area contributed by atoms with Crippen LogP contribution in [0.4, 0.5) is 4.79 Å². The summed E-state index contributed by atoms with van der Waals surface area (Å²) >= 11 is 0. The first-order valence-electron chi connectivity index (χ1n) is 13.2. The van der Waals surface area contributed by atoms with Gasteiger partial charge in [0, 0.05) is 49.5 Å². The number of H-pyrrole nitrogens is 1. The first-order valence-corrected chi connectivity index (χ1v) is 13.2. The van der Waals surface area contributed by atoms with Crippen LogP contribution in [0, 0.1) is 6.92 Å². The smallest absolute Gasteiger partial charge is 0.320 e. The van der Waals surface area contributed by atoms with Gasteiger partial charge in [-0.3, -0.25) is 0 Å². The van der Waals surface area contributed by atoms with Crippen LogP contribution < -0.4 is 5.32 Å². The van der Waals surface area contributed by atoms with E-state index in [2.05, 4.69) is 45.3 Å². The van der Waals surface area contributed by atoms with Gasteiger partial charge in [-0.05, 0) is 66.1 Å². The minimum atomic E-state index is 0.118. The zero-order valence-corrected chi connectivity index (χ0v) is 20.8. The number of hydrogen-bond acceptors (Lipinski definition) is 5. The number of morpholine rings is 2. The SMILES string of the molecule is Cc1c[nH]c2ncc(-c3cc4c(c([C@@H]5COCCN5)c3)CN(C(=O)N3CC5CCC3CO5)CC4)cc12. The van der Waals surface area contributed by atoms with E-state index in [1.54, 1.807) is 0 Å². The second-order valence-corrected chi connectivity index (χ2v) is 10.7. The molecule has 5 aliphatic heterocycles. The van der Waals surface area contributed by atoms with Crippen molar-refractivity contribution in [3.8, 4) is 11.1 Å². The standard InChI is InChI=1S/C28H33N5O3/c1-17-11-30-27-23(17)10-20(12-31-27)19-8-18-4-6-32(28(34)33-13-22-3-2-21(33)15-36-22)14-25(18)24(9-19)26-16-35-7-5-29-26/h8-12,21-22,26,29H,2-7,13-16H2,1H3,(H,30,31)/t21?,22?,26-/m0/s1. The fraction of sp³-hybridized carbons (Fsp3) is 0.500. The van der Waals surface area contributed by atoms with E-state index in [9.17, 15) is 4.79 Å². The molecule has 2 N–H and O–H groups in total. The Labute approximate surface area is 211 Å². The van der Waals surface area contributed by atoms with Gasteiger partial charge in [-0.2, -0.15) is 0 Å². The van der Waals surface area contributed by atoms with Gasteiger partial charge in [0.15, 0.2) is 0 Å². The number of aryl methyl sites for hydroxylation is 1. The predicted octanol–water partition coefficient (Wildman–Crippen LogP) is 3.54. The maximum atomic E-state index is 13.6. The number of urea groups is 1. The van der Waals surface area contributed by atoms with Gasteiger partial charge in [0.25, 0.3) is 0 Å². The van der Waals surface area contributed by atoms with E-state index in [0.29, 0.717) is 19.8 Å². The molecule has 4 fully saturated rings. The maximum absolute atomic E-state index is 13.6. The van der Waals surface area contributed by atoms with Gasteiger partial charge in [0.2, 0.25) is 0 Å². The van der Waals surface area contributed by atoms with Crippen molar-refractivity contribution >= 4 is 17.1 Å². The Hall–Kier alpha value is -2.94. The lowest BCUT2D eigenvalue weighted by Gasteiger charge is -2.47. The van der Waals surface area contributed by atoms with Gasteiger partial charge in [-0.15, -0.1) is 0 Å². The number of rotatable bonds is 2. The van der Waals surface area contributed by atoms with Crippen molar-refractivity contribution < 1.29 is 14.3 Å². The molecule has 8 nitrogen and oxygen atoms in total. The number of carbonyl (C=O) groups is 1. The molecular formula is C28H33N5O3. The topological polar surface area (TPSA) is 82.7 Å². The third-order valence-corrected chi connectivity index (χ3v) is 8.45. The lowest BCUT2D eigenvalue weighted by Crippen LogP contribution is -2.60. The number of ether oxygens (including phenoxy) is 2. The Kier molecular flexibility index (Phi) is 5.49. The quantitative estimate of drug-likeness (QED) is 0.578. The number of amides is 2. The summed E-state index contributed by atoms with van der Waals surface area (Å²) in [5, 5.41) is 4.81. The summed E-state index contributed by atoms with van der Waals surface area (Å²) in [6.07, 6.45) is 7.15.